The first kappa shape index (κ1) is 19.5. The van der Waals surface area contributed by atoms with E-state index in [0.717, 1.165) is 44.9 Å². The molecular weight excluding hydrogens is 398 g/mol. The van der Waals surface area contributed by atoms with E-state index in [0.29, 0.717) is 17.9 Å². The molecule has 0 bridgehead atoms. The Morgan fingerprint density at radius 1 is 0.969 bits per heavy atom. The van der Waals surface area contributed by atoms with Gasteiger partial charge in [-0.3, -0.25) is 4.98 Å². The quantitative estimate of drug-likeness (QED) is 0.427. The normalized spacial score (nSPS) is 10.8. The summed E-state index contributed by atoms with van der Waals surface area (Å²) in [4.78, 5) is 17.4. The average Bonchev–Trinajstić information content (AvgIpc) is 3.28. The Labute approximate surface area is 185 Å². The van der Waals surface area contributed by atoms with Crippen molar-refractivity contribution in [3.05, 3.63) is 95.9 Å². The van der Waals surface area contributed by atoms with Crippen molar-refractivity contribution in [1.29, 1.82) is 5.26 Å². The predicted octanol–water partition coefficient (Wildman–Crippen LogP) is 5.16. The minimum Gasteiger partial charge on any atom is -0.481 e. The summed E-state index contributed by atoms with van der Waals surface area (Å²) in [5.74, 6) is 1.36. The van der Waals surface area contributed by atoms with Gasteiger partial charge in [-0.2, -0.15) is 5.26 Å². The molecule has 0 amide bonds. The number of ether oxygens (including phenoxy) is 1. The van der Waals surface area contributed by atoms with Crippen LogP contribution >= 0.6 is 0 Å². The molecule has 0 aliphatic carbocycles. The molecule has 6 nitrogen and oxygen atoms in total. The molecule has 0 atom stereocenters. The first-order valence-electron chi connectivity index (χ1n) is 10.2. The summed E-state index contributed by atoms with van der Waals surface area (Å²) in [7, 11) is 1.60. The first-order chi connectivity index (χ1) is 15.7. The second kappa shape index (κ2) is 8.32. The summed E-state index contributed by atoms with van der Waals surface area (Å²) in [5, 5.41) is 10.1. The fraction of sp³-hybridized carbons (Fsp3) is 0.0769. The van der Waals surface area contributed by atoms with Crippen molar-refractivity contribution in [1.82, 2.24) is 19.9 Å². The molecular formula is C26H19N5O. The zero-order valence-electron chi connectivity index (χ0n) is 17.4. The maximum Gasteiger partial charge on any atom is 0.213 e. The molecule has 0 aliphatic rings. The molecule has 0 radical (unpaired) electrons. The molecule has 5 rings (SSSR count). The zero-order valence-corrected chi connectivity index (χ0v) is 17.4. The van der Waals surface area contributed by atoms with Gasteiger partial charge < -0.3 is 9.72 Å². The Hall–Kier alpha value is -4.50. The third-order valence-electron chi connectivity index (χ3n) is 5.27. The lowest BCUT2D eigenvalue weighted by Gasteiger charge is -2.05. The minimum absolute atomic E-state index is 0.541. The van der Waals surface area contributed by atoms with Gasteiger partial charge in [0, 0.05) is 29.6 Å². The molecule has 0 saturated carbocycles. The summed E-state index contributed by atoms with van der Waals surface area (Å²) in [6, 6.07) is 25.5. The van der Waals surface area contributed by atoms with Gasteiger partial charge in [-0.25, -0.2) is 9.97 Å². The smallest absolute Gasteiger partial charge is 0.213 e. The highest BCUT2D eigenvalue weighted by atomic mass is 16.5. The van der Waals surface area contributed by atoms with E-state index in [2.05, 4.69) is 27.1 Å². The van der Waals surface area contributed by atoms with Gasteiger partial charge >= 0.3 is 0 Å². The lowest BCUT2D eigenvalue weighted by Crippen LogP contribution is -1.92. The van der Waals surface area contributed by atoms with Crippen LogP contribution < -0.4 is 4.74 Å². The fourth-order valence-corrected chi connectivity index (χ4v) is 3.68. The van der Waals surface area contributed by atoms with Crippen molar-refractivity contribution >= 4 is 10.9 Å². The molecule has 2 aromatic carbocycles. The van der Waals surface area contributed by atoms with Crippen LogP contribution in [0.1, 0.15) is 17.0 Å². The van der Waals surface area contributed by atoms with Crippen LogP contribution in [0.25, 0.3) is 33.5 Å². The van der Waals surface area contributed by atoms with Crippen molar-refractivity contribution < 1.29 is 4.74 Å². The van der Waals surface area contributed by atoms with Crippen LogP contribution in [0.4, 0.5) is 0 Å². The number of nitrogens with zero attached hydrogens (tertiary/aromatic N) is 4. The first-order valence-corrected chi connectivity index (χ1v) is 10.2. The second-order valence-electron chi connectivity index (χ2n) is 7.37. The Balaban J connectivity index is 1.61. The number of imidazole rings is 1. The molecule has 0 spiro atoms. The number of rotatable bonds is 5. The van der Waals surface area contributed by atoms with Crippen LogP contribution in [-0.2, 0) is 6.42 Å². The summed E-state index contributed by atoms with van der Waals surface area (Å²) < 4.78 is 5.32. The molecule has 0 unspecified atom stereocenters. The Morgan fingerprint density at radius 2 is 1.84 bits per heavy atom. The molecule has 0 aliphatic heterocycles. The topological polar surface area (TPSA) is 87.5 Å². The van der Waals surface area contributed by atoms with Crippen LogP contribution in [0, 0.1) is 11.3 Å². The van der Waals surface area contributed by atoms with Gasteiger partial charge in [0.1, 0.15) is 5.82 Å². The largest absolute Gasteiger partial charge is 0.481 e. The number of benzene rings is 2. The van der Waals surface area contributed by atoms with Gasteiger partial charge in [0.05, 0.1) is 41.3 Å². The van der Waals surface area contributed by atoms with Crippen molar-refractivity contribution in [3.63, 3.8) is 0 Å². The van der Waals surface area contributed by atoms with Gasteiger partial charge in [0.2, 0.25) is 5.88 Å². The Bertz CT molecular complexity index is 1450. The predicted molar refractivity (Wildman–Crippen MR) is 123 cm³/mol. The molecule has 5 aromatic rings. The molecule has 3 heterocycles. The number of pyridine rings is 2. The molecule has 3 aromatic heterocycles. The Morgan fingerprint density at radius 3 is 2.66 bits per heavy atom. The van der Waals surface area contributed by atoms with Gasteiger partial charge in [0.15, 0.2) is 0 Å². The number of aromatic amines is 1. The van der Waals surface area contributed by atoms with E-state index in [1.54, 1.807) is 13.3 Å². The van der Waals surface area contributed by atoms with Crippen LogP contribution in [0.15, 0.2) is 79.0 Å². The summed E-state index contributed by atoms with van der Waals surface area (Å²) in [6.45, 7) is 0. The summed E-state index contributed by atoms with van der Waals surface area (Å²) >= 11 is 0. The Kier molecular flexibility index (Phi) is 5.06. The van der Waals surface area contributed by atoms with E-state index >= 15 is 0 Å². The highest BCUT2D eigenvalue weighted by Crippen LogP contribution is 2.32. The number of hydrogen-bond donors (Lipinski definition) is 1. The summed E-state index contributed by atoms with van der Waals surface area (Å²) in [5.41, 5.74) is 6.02. The zero-order chi connectivity index (χ0) is 21.9. The molecule has 1 N–H and O–H groups in total. The lowest BCUT2D eigenvalue weighted by atomic mass is 10.1. The number of hydrogen-bond acceptors (Lipinski definition) is 5. The van der Waals surface area contributed by atoms with Gasteiger partial charge in [-0.15, -0.1) is 0 Å². The number of nitrogens with one attached hydrogen (secondary N) is 1. The number of H-pyrrole nitrogens is 1. The van der Waals surface area contributed by atoms with E-state index in [4.69, 9.17) is 15.0 Å². The number of methoxy groups -OCH3 is 1. The van der Waals surface area contributed by atoms with E-state index in [1.807, 2.05) is 66.7 Å². The average molecular weight is 417 g/mol. The maximum atomic E-state index is 9.04. The minimum atomic E-state index is 0.541. The van der Waals surface area contributed by atoms with Crippen LogP contribution in [0.3, 0.4) is 0 Å². The lowest BCUT2D eigenvalue weighted by molar-refractivity contribution is 0.398. The third-order valence-corrected chi connectivity index (χ3v) is 5.27. The highest BCUT2D eigenvalue weighted by molar-refractivity contribution is 5.86. The number of fused-ring (bicyclic) bond motifs is 1. The van der Waals surface area contributed by atoms with Crippen molar-refractivity contribution in [3.8, 4) is 34.6 Å². The van der Waals surface area contributed by atoms with Crippen molar-refractivity contribution in [2.45, 2.75) is 6.42 Å². The van der Waals surface area contributed by atoms with Crippen molar-refractivity contribution in [2.24, 2.45) is 0 Å². The van der Waals surface area contributed by atoms with E-state index in [1.165, 1.54) is 0 Å². The molecule has 154 valence electrons. The molecule has 0 fully saturated rings. The van der Waals surface area contributed by atoms with E-state index in [-0.39, 0.29) is 0 Å². The second-order valence-corrected chi connectivity index (χ2v) is 7.37. The van der Waals surface area contributed by atoms with Gasteiger partial charge in [0.25, 0.3) is 0 Å². The van der Waals surface area contributed by atoms with Crippen LogP contribution in [0.2, 0.25) is 0 Å². The van der Waals surface area contributed by atoms with Crippen LogP contribution in [-0.4, -0.2) is 27.0 Å². The van der Waals surface area contributed by atoms with E-state index < -0.39 is 0 Å². The maximum absolute atomic E-state index is 9.04. The number of nitriles is 1. The molecule has 0 saturated heterocycles. The van der Waals surface area contributed by atoms with Crippen molar-refractivity contribution in [2.75, 3.05) is 7.11 Å². The fourth-order valence-electron chi connectivity index (χ4n) is 3.68. The van der Waals surface area contributed by atoms with Gasteiger partial charge in [-0.1, -0.05) is 30.3 Å². The summed E-state index contributed by atoms with van der Waals surface area (Å²) in [6.07, 6.45) is 2.40. The molecule has 6 heteroatoms. The number of aromatic nitrogens is 4. The molecule has 32 heavy (non-hydrogen) atoms. The SMILES string of the molecule is COc1cccc(-c2[nH]c(Cc3ccc(C#N)cc3)nc2-c2ccc3ncccc3c2)n1. The van der Waals surface area contributed by atoms with E-state index in [9.17, 15) is 0 Å². The highest BCUT2D eigenvalue weighted by Gasteiger charge is 2.17. The van der Waals surface area contributed by atoms with Crippen LogP contribution in [0.5, 0.6) is 5.88 Å². The van der Waals surface area contributed by atoms with Gasteiger partial charge in [-0.05, 0) is 42.0 Å². The standard InChI is InChI=1S/C26H19N5O/c1-32-24-6-2-5-22(29-24)26-25(20-11-12-21-19(15-20)4-3-13-28-21)30-23(31-26)14-17-7-9-18(16-27)10-8-17/h2-13,15H,14H2,1H3,(H,30,31). The third kappa shape index (κ3) is 3.80. The monoisotopic (exact) mass is 417 g/mol.